The highest BCUT2D eigenvalue weighted by atomic mass is 35.5. The molecule has 2 aromatic heterocycles. The fraction of sp³-hybridized carbons (Fsp3) is 0.0714. The minimum Gasteiger partial charge on any atom is -0.302 e. The van der Waals surface area contributed by atoms with E-state index in [9.17, 15) is 4.79 Å². The molecule has 0 bridgehead atoms. The molecule has 8 heteroatoms. The third kappa shape index (κ3) is 3.13. The highest BCUT2D eigenvalue weighted by Gasteiger charge is 2.16. The predicted molar refractivity (Wildman–Crippen MR) is 84.3 cm³/mol. The molecule has 22 heavy (non-hydrogen) atoms. The minimum atomic E-state index is -0.450. The molecule has 0 fully saturated rings. The fourth-order valence-electron chi connectivity index (χ4n) is 1.93. The van der Waals surface area contributed by atoms with Crippen LogP contribution in [0.3, 0.4) is 0 Å². The number of aromatic nitrogens is 4. The lowest BCUT2D eigenvalue weighted by Gasteiger charge is -2.02. The first-order valence-corrected chi connectivity index (χ1v) is 7.16. The average molecular weight is 336 g/mol. The van der Waals surface area contributed by atoms with E-state index in [0.717, 1.165) is 5.56 Å². The number of aromatic amines is 1. The van der Waals surface area contributed by atoms with Crippen LogP contribution in [0.4, 0.5) is 5.82 Å². The molecule has 6 nitrogen and oxygen atoms in total. The van der Waals surface area contributed by atoms with Gasteiger partial charge in [-0.2, -0.15) is 10.2 Å². The van der Waals surface area contributed by atoms with Crippen LogP contribution in [-0.2, 0) is 6.54 Å². The Morgan fingerprint density at radius 1 is 1.23 bits per heavy atom. The van der Waals surface area contributed by atoms with Gasteiger partial charge in [0.25, 0.3) is 5.91 Å². The number of halogens is 2. The van der Waals surface area contributed by atoms with Gasteiger partial charge in [-0.15, -0.1) is 0 Å². The van der Waals surface area contributed by atoms with Crippen molar-refractivity contribution in [3.05, 3.63) is 64.0 Å². The Bertz CT molecular complexity index is 797. The second-order valence-electron chi connectivity index (χ2n) is 4.56. The van der Waals surface area contributed by atoms with Gasteiger partial charge in [0, 0.05) is 6.20 Å². The average Bonchev–Trinajstić information content (AvgIpc) is 3.06. The molecule has 3 aromatic rings. The Kier molecular flexibility index (Phi) is 4.13. The molecule has 0 saturated heterocycles. The Hall–Kier alpha value is -2.31. The summed E-state index contributed by atoms with van der Waals surface area (Å²) in [5.74, 6) is -0.178. The molecule has 112 valence electrons. The lowest BCUT2D eigenvalue weighted by molar-refractivity contribution is 0.102. The van der Waals surface area contributed by atoms with E-state index in [2.05, 4.69) is 20.6 Å². The SMILES string of the molecule is O=C(Nc1nn(Cc2ccccc2)cc1Cl)c1[nH]ncc1Cl. The van der Waals surface area contributed by atoms with Crippen LogP contribution in [-0.4, -0.2) is 25.9 Å². The number of hydrogen-bond acceptors (Lipinski definition) is 3. The van der Waals surface area contributed by atoms with E-state index in [1.54, 1.807) is 10.9 Å². The predicted octanol–water partition coefficient (Wildman–Crippen LogP) is 3.21. The van der Waals surface area contributed by atoms with Crippen molar-refractivity contribution in [3.8, 4) is 0 Å². The molecule has 1 aromatic carbocycles. The maximum absolute atomic E-state index is 12.0. The Balaban J connectivity index is 1.75. The first kappa shape index (κ1) is 14.6. The smallest absolute Gasteiger partial charge is 0.276 e. The summed E-state index contributed by atoms with van der Waals surface area (Å²) in [5.41, 5.74) is 1.24. The molecule has 0 aliphatic carbocycles. The van der Waals surface area contributed by atoms with Gasteiger partial charge in [-0.05, 0) is 5.56 Å². The number of anilines is 1. The molecule has 0 radical (unpaired) electrons. The van der Waals surface area contributed by atoms with Crippen LogP contribution in [0.25, 0.3) is 0 Å². The van der Waals surface area contributed by atoms with Crippen molar-refractivity contribution in [1.82, 2.24) is 20.0 Å². The van der Waals surface area contributed by atoms with E-state index < -0.39 is 5.91 Å². The molecule has 0 aliphatic heterocycles. The quantitative estimate of drug-likeness (QED) is 0.768. The second kappa shape index (κ2) is 6.21. The zero-order chi connectivity index (χ0) is 15.5. The molecule has 0 saturated carbocycles. The Morgan fingerprint density at radius 3 is 2.68 bits per heavy atom. The number of rotatable bonds is 4. The van der Waals surface area contributed by atoms with Gasteiger partial charge in [0.2, 0.25) is 0 Å². The third-order valence-corrected chi connectivity index (χ3v) is 3.52. The standard InChI is InChI=1S/C14H11Cl2N5O/c15-10-6-17-19-12(10)14(22)18-13-11(16)8-21(20-13)7-9-4-2-1-3-5-9/h1-6,8H,7H2,(H,17,19)(H,18,20,22). The highest BCUT2D eigenvalue weighted by molar-refractivity contribution is 6.35. The Morgan fingerprint density at radius 2 is 2.00 bits per heavy atom. The number of amides is 1. The summed E-state index contributed by atoms with van der Waals surface area (Å²) in [5, 5.41) is 13.7. The molecule has 2 heterocycles. The Labute approximate surface area is 136 Å². The molecule has 1 amide bonds. The number of carbonyl (C=O) groups is 1. The first-order valence-electron chi connectivity index (χ1n) is 6.40. The van der Waals surface area contributed by atoms with Gasteiger partial charge in [-0.25, -0.2) is 0 Å². The van der Waals surface area contributed by atoms with Crippen LogP contribution in [0.1, 0.15) is 16.1 Å². The minimum absolute atomic E-state index is 0.162. The van der Waals surface area contributed by atoms with E-state index in [1.807, 2.05) is 30.3 Å². The number of benzene rings is 1. The zero-order valence-corrected chi connectivity index (χ0v) is 12.8. The number of H-pyrrole nitrogens is 1. The van der Waals surface area contributed by atoms with Crippen molar-refractivity contribution in [2.75, 3.05) is 5.32 Å². The van der Waals surface area contributed by atoms with Crippen LogP contribution < -0.4 is 5.32 Å². The van der Waals surface area contributed by atoms with Crippen molar-refractivity contribution in [3.63, 3.8) is 0 Å². The molecular weight excluding hydrogens is 325 g/mol. The van der Waals surface area contributed by atoms with E-state index in [1.165, 1.54) is 6.20 Å². The number of carbonyl (C=O) groups excluding carboxylic acids is 1. The summed E-state index contributed by atoms with van der Waals surface area (Å²) in [6.45, 7) is 0.557. The van der Waals surface area contributed by atoms with Crippen molar-refractivity contribution in [2.24, 2.45) is 0 Å². The second-order valence-corrected chi connectivity index (χ2v) is 5.37. The monoisotopic (exact) mass is 335 g/mol. The van der Waals surface area contributed by atoms with E-state index in [-0.39, 0.29) is 16.5 Å². The molecule has 2 N–H and O–H groups in total. The van der Waals surface area contributed by atoms with E-state index >= 15 is 0 Å². The van der Waals surface area contributed by atoms with Crippen LogP contribution in [0.2, 0.25) is 10.0 Å². The molecule has 0 aliphatic rings. The van der Waals surface area contributed by atoms with Crippen LogP contribution >= 0.6 is 23.2 Å². The van der Waals surface area contributed by atoms with Crippen molar-refractivity contribution in [2.45, 2.75) is 6.54 Å². The summed E-state index contributed by atoms with van der Waals surface area (Å²) < 4.78 is 1.65. The van der Waals surface area contributed by atoms with Crippen LogP contribution in [0, 0.1) is 0 Å². The summed E-state index contributed by atoms with van der Waals surface area (Å²) in [4.78, 5) is 12.0. The first-order chi connectivity index (χ1) is 10.6. The van der Waals surface area contributed by atoms with E-state index in [4.69, 9.17) is 23.2 Å². The van der Waals surface area contributed by atoms with E-state index in [0.29, 0.717) is 11.6 Å². The van der Waals surface area contributed by atoms with Crippen LogP contribution in [0.15, 0.2) is 42.7 Å². The summed E-state index contributed by atoms with van der Waals surface area (Å²) >= 11 is 11.9. The largest absolute Gasteiger partial charge is 0.302 e. The number of nitrogens with one attached hydrogen (secondary N) is 2. The maximum Gasteiger partial charge on any atom is 0.276 e. The fourth-order valence-corrected chi connectivity index (χ4v) is 2.31. The maximum atomic E-state index is 12.0. The summed E-state index contributed by atoms with van der Waals surface area (Å²) in [7, 11) is 0. The summed E-state index contributed by atoms with van der Waals surface area (Å²) in [6, 6.07) is 9.81. The third-order valence-electron chi connectivity index (χ3n) is 2.96. The van der Waals surface area contributed by atoms with Crippen molar-refractivity contribution in [1.29, 1.82) is 0 Å². The molecule has 0 unspecified atom stereocenters. The zero-order valence-electron chi connectivity index (χ0n) is 11.3. The molecule has 0 atom stereocenters. The van der Waals surface area contributed by atoms with Gasteiger partial charge in [-0.1, -0.05) is 53.5 Å². The van der Waals surface area contributed by atoms with Gasteiger partial charge < -0.3 is 5.32 Å². The topological polar surface area (TPSA) is 75.6 Å². The lowest BCUT2D eigenvalue weighted by atomic mass is 10.2. The molecule has 0 spiro atoms. The van der Waals surface area contributed by atoms with Crippen molar-refractivity contribution >= 4 is 34.9 Å². The van der Waals surface area contributed by atoms with Gasteiger partial charge in [0.1, 0.15) is 10.7 Å². The number of nitrogens with zero attached hydrogens (tertiary/aromatic N) is 3. The van der Waals surface area contributed by atoms with Gasteiger partial charge in [-0.3, -0.25) is 14.6 Å². The van der Waals surface area contributed by atoms with Gasteiger partial charge in [0.15, 0.2) is 5.82 Å². The molecule has 3 rings (SSSR count). The van der Waals surface area contributed by atoms with Crippen molar-refractivity contribution < 1.29 is 4.79 Å². The van der Waals surface area contributed by atoms with Gasteiger partial charge in [0.05, 0.1) is 17.8 Å². The number of hydrogen-bond donors (Lipinski definition) is 2. The normalized spacial score (nSPS) is 10.6. The lowest BCUT2D eigenvalue weighted by Crippen LogP contribution is -2.14. The van der Waals surface area contributed by atoms with Crippen LogP contribution in [0.5, 0.6) is 0 Å². The highest BCUT2D eigenvalue weighted by Crippen LogP contribution is 2.21. The summed E-state index contributed by atoms with van der Waals surface area (Å²) in [6.07, 6.45) is 3.00. The molecular formula is C14H11Cl2N5O. The van der Waals surface area contributed by atoms with Gasteiger partial charge >= 0.3 is 0 Å².